The lowest BCUT2D eigenvalue weighted by atomic mass is 10.0. The third-order valence-corrected chi connectivity index (χ3v) is 8.84. The molecular formula is C27H35N4O7P. The van der Waals surface area contributed by atoms with Gasteiger partial charge in [0, 0.05) is 31.7 Å². The van der Waals surface area contributed by atoms with Gasteiger partial charge in [-0.2, -0.15) is 0 Å². The molecule has 2 aromatic rings. The Morgan fingerprint density at radius 3 is 2.21 bits per heavy atom. The van der Waals surface area contributed by atoms with Crippen molar-refractivity contribution in [1.29, 1.82) is 0 Å². The Morgan fingerprint density at radius 1 is 1.03 bits per heavy atom. The van der Waals surface area contributed by atoms with E-state index in [1.165, 1.54) is 9.80 Å². The summed E-state index contributed by atoms with van der Waals surface area (Å²) in [5.74, 6) is -0.688. The van der Waals surface area contributed by atoms with Crippen LogP contribution in [0.5, 0.6) is 0 Å². The topological polar surface area (TPSA) is 138 Å². The van der Waals surface area contributed by atoms with Gasteiger partial charge in [-0.15, -0.1) is 0 Å². The summed E-state index contributed by atoms with van der Waals surface area (Å²) in [7, 11) is -3.72. The normalized spacial score (nSPS) is 16.6. The smallest absolute Gasteiger partial charge is 0.407 e. The van der Waals surface area contributed by atoms with E-state index in [1.54, 1.807) is 19.9 Å². The van der Waals surface area contributed by atoms with Crippen molar-refractivity contribution in [3.05, 3.63) is 53.7 Å². The van der Waals surface area contributed by atoms with Gasteiger partial charge in [-0.1, -0.05) is 30.3 Å². The van der Waals surface area contributed by atoms with E-state index in [1.807, 2.05) is 36.4 Å². The SMILES string of the molecule is CCOP(=O)(C[C@H](NC(=O)c1cc(C2CC2)cc(-c2ccccc2)n1)C(=O)N1CCN(C(=O)O)CC1)OCC. The van der Waals surface area contributed by atoms with Gasteiger partial charge in [0.25, 0.3) is 5.91 Å². The molecule has 2 N–H and O–H groups in total. The van der Waals surface area contributed by atoms with Crippen molar-refractivity contribution in [1.82, 2.24) is 20.1 Å². The molecule has 2 fully saturated rings. The molecule has 4 rings (SSSR count). The highest BCUT2D eigenvalue weighted by Gasteiger charge is 2.37. The third-order valence-electron chi connectivity index (χ3n) is 6.72. The Balaban J connectivity index is 1.60. The molecule has 11 nitrogen and oxygen atoms in total. The Morgan fingerprint density at radius 2 is 1.64 bits per heavy atom. The van der Waals surface area contributed by atoms with Crippen LogP contribution in [0.25, 0.3) is 11.3 Å². The number of piperazine rings is 1. The molecule has 39 heavy (non-hydrogen) atoms. The standard InChI is InChI=1S/C27H35N4O7P/c1-3-37-39(36,38-4-2)18-24(26(33)30-12-14-31(15-13-30)27(34)35)29-25(32)23-17-21(19-10-11-19)16-22(28-23)20-8-6-5-7-9-20/h5-9,16-17,19,24H,3-4,10-15,18H2,1-2H3,(H,29,32)(H,34,35)/t24-/m0/s1. The zero-order valence-corrected chi connectivity index (χ0v) is 23.1. The van der Waals surface area contributed by atoms with Crippen LogP contribution in [0.4, 0.5) is 4.79 Å². The van der Waals surface area contributed by atoms with Crippen molar-refractivity contribution in [2.45, 2.75) is 38.6 Å². The van der Waals surface area contributed by atoms with Crippen LogP contribution >= 0.6 is 7.60 Å². The molecule has 1 saturated carbocycles. The summed E-state index contributed by atoms with van der Waals surface area (Å²) in [5.41, 5.74) is 2.70. The van der Waals surface area contributed by atoms with Crippen molar-refractivity contribution >= 4 is 25.5 Å². The van der Waals surface area contributed by atoms with Crippen LogP contribution < -0.4 is 5.32 Å². The second-order valence-electron chi connectivity index (χ2n) is 9.56. The molecule has 1 aliphatic heterocycles. The van der Waals surface area contributed by atoms with E-state index in [4.69, 9.17) is 9.05 Å². The summed E-state index contributed by atoms with van der Waals surface area (Å²) in [5, 5.41) is 12.0. The first kappa shape index (κ1) is 28.7. The predicted molar refractivity (Wildman–Crippen MR) is 145 cm³/mol. The highest BCUT2D eigenvalue weighted by molar-refractivity contribution is 7.54. The van der Waals surface area contributed by atoms with Gasteiger partial charge in [-0.05, 0) is 50.3 Å². The number of nitrogens with one attached hydrogen (secondary N) is 1. The van der Waals surface area contributed by atoms with Crippen molar-refractivity contribution in [3.63, 3.8) is 0 Å². The van der Waals surface area contributed by atoms with Crippen LogP contribution in [0.3, 0.4) is 0 Å². The molecule has 1 aromatic carbocycles. The van der Waals surface area contributed by atoms with Crippen LogP contribution in [-0.4, -0.2) is 89.4 Å². The van der Waals surface area contributed by atoms with E-state index < -0.39 is 31.5 Å². The summed E-state index contributed by atoms with van der Waals surface area (Å²) < 4.78 is 24.2. The zero-order valence-electron chi connectivity index (χ0n) is 22.2. The number of carbonyl (C=O) groups excluding carboxylic acids is 2. The van der Waals surface area contributed by atoms with Crippen molar-refractivity contribution in [2.75, 3.05) is 45.6 Å². The number of benzene rings is 1. The molecule has 2 aliphatic rings. The van der Waals surface area contributed by atoms with Crippen molar-refractivity contribution < 1.29 is 33.1 Å². The Kier molecular flexibility index (Phi) is 9.37. The second-order valence-corrected chi connectivity index (χ2v) is 11.7. The molecule has 0 unspecified atom stereocenters. The summed E-state index contributed by atoms with van der Waals surface area (Å²) in [4.78, 5) is 45.7. The number of hydrogen-bond acceptors (Lipinski definition) is 7. The number of pyridine rings is 1. The maximum Gasteiger partial charge on any atom is 0.407 e. The van der Waals surface area contributed by atoms with E-state index in [0.717, 1.165) is 24.0 Å². The molecule has 0 radical (unpaired) electrons. The van der Waals surface area contributed by atoms with Gasteiger partial charge in [-0.25, -0.2) is 9.78 Å². The summed E-state index contributed by atoms with van der Waals surface area (Å²) in [6, 6.07) is 12.1. The molecule has 1 atom stereocenters. The zero-order chi connectivity index (χ0) is 28.0. The number of carbonyl (C=O) groups is 3. The monoisotopic (exact) mass is 558 g/mol. The van der Waals surface area contributed by atoms with E-state index >= 15 is 0 Å². The number of carboxylic acid groups (broad SMARTS) is 1. The first-order chi connectivity index (χ1) is 18.7. The largest absolute Gasteiger partial charge is 0.465 e. The average Bonchev–Trinajstić information content (AvgIpc) is 3.78. The lowest BCUT2D eigenvalue weighted by molar-refractivity contribution is -0.134. The molecule has 1 aromatic heterocycles. The molecular weight excluding hydrogens is 523 g/mol. The summed E-state index contributed by atoms with van der Waals surface area (Å²) in [6.07, 6.45) is 0.662. The van der Waals surface area contributed by atoms with Crippen molar-refractivity contribution in [2.24, 2.45) is 0 Å². The fourth-order valence-corrected chi connectivity index (χ4v) is 6.36. The molecule has 3 amide bonds. The van der Waals surface area contributed by atoms with Crippen LogP contribution in [-0.2, 0) is 18.4 Å². The first-order valence-corrected chi connectivity index (χ1v) is 15.0. The lowest BCUT2D eigenvalue weighted by Gasteiger charge is -2.35. The van der Waals surface area contributed by atoms with Gasteiger partial charge < -0.3 is 29.3 Å². The molecule has 12 heteroatoms. The highest BCUT2D eigenvalue weighted by Crippen LogP contribution is 2.48. The number of nitrogens with zero attached hydrogens (tertiary/aromatic N) is 3. The molecule has 2 heterocycles. The van der Waals surface area contributed by atoms with Crippen LogP contribution in [0.1, 0.15) is 48.7 Å². The number of hydrogen-bond donors (Lipinski definition) is 2. The minimum Gasteiger partial charge on any atom is -0.465 e. The van der Waals surface area contributed by atoms with Gasteiger partial charge in [-0.3, -0.25) is 14.2 Å². The Hall–Kier alpha value is -3.27. The van der Waals surface area contributed by atoms with E-state index in [2.05, 4.69) is 10.3 Å². The molecule has 210 valence electrons. The van der Waals surface area contributed by atoms with Gasteiger partial charge in [0.15, 0.2) is 0 Å². The van der Waals surface area contributed by atoms with Gasteiger partial charge >= 0.3 is 13.7 Å². The predicted octanol–water partition coefficient (Wildman–Crippen LogP) is 3.81. The van der Waals surface area contributed by atoms with Crippen LogP contribution in [0, 0.1) is 0 Å². The van der Waals surface area contributed by atoms with E-state index in [0.29, 0.717) is 11.6 Å². The van der Waals surface area contributed by atoms with E-state index in [9.17, 15) is 24.1 Å². The number of rotatable bonds is 11. The molecule has 0 bridgehead atoms. The number of amides is 3. The second kappa shape index (κ2) is 12.7. The minimum absolute atomic E-state index is 0.106. The summed E-state index contributed by atoms with van der Waals surface area (Å²) in [6.45, 7) is 4.14. The number of aromatic nitrogens is 1. The Bertz CT molecular complexity index is 1220. The summed E-state index contributed by atoms with van der Waals surface area (Å²) >= 11 is 0. The minimum atomic E-state index is -3.72. The fraction of sp³-hybridized carbons (Fsp3) is 0.481. The van der Waals surface area contributed by atoms with Gasteiger partial charge in [0.05, 0.1) is 25.1 Å². The molecule has 1 saturated heterocycles. The van der Waals surface area contributed by atoms with Crippen LogP contribution in [0.2, 0.25) is 0 Å². The molecule has 1 aliphatic carbocycles. The van der Waals surface area contributed by atoms with Gasteiger partial charge in [0.1, 0.15) is 11.7 Å². The Labute approximate surface area is 228 Å². The van der Waals surface area contributed by atoms with Gasteiger partial charge in [0.2, 0.25) is 5.91 Å². The highest BCUT2D eigenvalue weighted by atomic mass is 31.2. The lowest BCUT2D eigenvalue weighted by Crippen LogP contribution is -2.56. The maximum atomic E-state index is 13.6. The first-order valence-electron chi connectivity index (χ1n) is 13.3. The third kappa shape index (κ3) is 7.44. The maximum absolute atomic E-state index is 13.6. The van der Waals surface area contributed by atoms with E-state index in [-0.39, 0.29) is 51.2 Å². The molecule has 0 spiro atoms. The fourth-order valence-electron chi connectivity index (χ4n) is 4.59. The quantitative estimate of drug-likeness (QED) is 0.397. The van der Waals surface area contributed by atoms with Crippen molar-refractivity contribution in [3.8, 4) is 11.3 Å². The van der Waals surface area contributed by atoms with Crippen LogP contribution in [0.15, 0.2) is 42.5 Å². The average molecular weight is 559 g/mol.